The molecule has 0 atom stereocenters. The minimum Gasteiger partial charge on any atom is -0.364 e. The molecule has 1 aliphatic heterocycles. The summed E-state index contributed by atoms with van der Waals surface area (Å²) in [5.41, 5.74) is 3.46. The van der Waals surface area contributed by atoms with E-state index in [0.29, 0.717) is 6.73 Å². The second kappa shape index (κ2) is 6.26. The van der Waals surface area contributed by atoms with Crippen LogP contribution in [0.25, 0.3) is 0 Å². The van der Waals surface area contributed by atoms with Crippen molar-refractivity contribution in [3.8, 4) is 0 Å². The number of fused-ring (bicyclic) bond motifs is 2. The molecule has 122 valence electrons. The molecule has 4 rings (SSSR count). The van der Waals surface area contributed by atoms with Crippen LogP contribution in [-0.4, -0.2) is 33.4 Å². The van der Waals surface area contributed by atoms with Gasteiger partial charge in [0, 0.05) is 42.8 Å². The van der Waals surface area contributed by atoms with Crippen molar-refractivity contribution in [3.05, 3.63) is 54.4 Å². The number of anilines is 2. The smallest absolute Gasteiger partial charge is 0.168 e. The Morgan fingerprint density at radius 3 is 2.88 bits per heavy atom. The Hall–Kier alpha value is -2.38. The van der Waals surface area contributed by atoms with Crippen LogP contribution in [0.15, 0.2) is 53.0 Å². The molecule has 0 spiro atoms. The van der Waals surface area contributed by atoms with Crippen molar-refractivity contribution in [2.75, 3.05) is 18.7 Å². The summed E-state index contributed by atoms with van der Waals surface area (Å²) in [6, 6.07) is 6.48. The zero-order valence-corrected chi connectivity index (χ0v) is 14.3. The highest BCUT2D eigenvalue weighted by Gasteiger charge is 2.25. The average molecular weight is 339 g/mol. The van der Waals surface area contributed by atoms with Crippen LogP contribution in [0.3, 0.4) is 0 Å². The first-order valence-corrected chi connectivity index (χ1v) is 8.43. The molecular weight excluding hydrogens is 322 g/mol. The maximum absolute atomic E-state index is 5.39. The third-order valence-corrected chi connectivity index (χ3v) is 5.00. The Labute approximate surface area is 144 Å². The van der Waals surface area contributed by atoms with Gasteiger partial charge in [0.25, 0.3) is 0 Å². The maximum atomic E-state index is 5.39. The van der Waals surface area contributed by atoms with Crippen molar-refractivity contribution in [1.82, 2.24) is 19.5 Å². The van der Waals surface area contributed by atoms with E-state index >= 15 is 0 Å². The van der Waals surface area contributed by atoms with Gasteiger partial charge in [-0.15, -0.1) is 0 Å². The van der Waals surface area contributed by atoms with Gasteiger partial charge >= 0.3 is 0 Å². The normalized spacial score (nSPS) is 12.8. The zero-order valence-electron chi connectivity index (χ0n) is 13.5. The molecule has 0 unspecified atom stereocenters. The van der Waals surface area contributed by atoms with E-state index in [0.717, 1.165) is 33.7 Å². The predicted molar refractivity (Wildman–Crippen MR) is 92.7 cm³/mol. The van der Waals surface area contributed by atoms with Gasteiger partial charge in [-0.25, -0.2) is 15.0 Å². The molecule has 2 aromatic heterocycles. The highest BCUT2D eigenvalue weighted by atomic mass is 32.2. The zero-order chi connectivity index (χ0) is 16.5. The number of aryl methyl sites for hydroxylation is 1. The standard InChI is InChI=1S/C17H17N5OS/c1-12-8-18-10-21(12)9-13-3-4-15-14(7-13)22(11-23-2)16-17(24-15)20-6-5-19-16/h3-8,10H,9,11H2,1-2H3. The Balaban J connectivity index is 1.73. The number of benzene rings is 1. The number of imidazole rings is 1. The van der Waals surface area contributed by atoms with E-state index in [1.54, 1.807) is 31.3 Å². The number of aromatic nitrogens is 4. The summed E-state index contributed by atoms with van der Waals surface area (Å²) in [5, 5.41) is 0.903. The van der Waals surface area contributed by atoms with Gasteiger partial charge in [-0.2, -0.15) is 0 Å². The molecule has 1 aromatic carbocycles. The quantitative estimate of drug-likeness (QED) is 0.727. The summed E-state index contributed by atoms with van der Waals surface area (Å²) < 4.78 is 7.52. The molecule has 0 aliphatic carbocycles. The molecule has 6 nitrogen and oxygen atoms in total. The lowest BCUT2D eigenvalue weighted by molar-refractivity contribution is 0.204. The van der Waals surface area contributed by atoms with Crippen molar-refractivity contribution in [1.29, 1.82) is 0 Å². The highest BCUT2D eigenvalue weighted by molar-refractivity contribution is 7.99. The summed E-state index contributed by atoms with van der Waals surface area (Å²) >= 11 is 1.64. The lowest BCUT2D eigenvalue weighted by atomic mass is 10.1. The van der Waals surface area contributed by atoms with E-state index in [2.05, 4.69) is 49.5 Å². The van der Waals surface area contributed by atoms with Crippen LogP contribution in [0.4, 0.5) is 11.5 Å². The van der Waals surface area contributed by atoms with Crippen LogP contribution in [-0.2, 0) is 11.3 Å². The first kappa shape index (κ1) is 15.2. The molecule has 0 saturated carbocycles. The molecular formula is C17H17N5OS. The molecule has 0 radical (unpaired) electrons. The molecule has 3 aromatic rings. The van der Waals surface area contributed by atoms with Crippen LogP contribution in [0, 0.1) is 6.92 Å². The van der Waals surface area contributed by atoms with E-state index in [1.807, 2.05) is 12.5 Å². The van der Waals surface area contributed by atoms with Gasteiger partial charge in [0.1, 0.15) is 11.8 Å². The maximum Gasteiger partial charge on any atom is 0.168 e. The molecule has 0 amide bonds. The van der Waals surface area contributed by atoms with Gasteiger partial charge in [0.15, 0.2) is 5.82 Å². The largest absolute Gasteiger partial charge is 0.364 e. The molecule has 3 heterocycles. The third kappa shape index (κ3) is 2.65. The van der Waals surface area contributed by atoms with Crippen LogP contribution >= 0.6 is 11.8 Å². The van der Waals surface area contributed by atoms with E-state index in [-0.39, 0.29) is 0 Å². The number of ether oxygens (including phenoxy) is 1. The number of methoxy groups -OCH3 is 1. The summed E-state index contributed by atoms with van der Waals surface area (Å²) in [6.45, 7) is 3.29. The second-order valence-electron chi connectivity index (χ2n) is 5.60. The van der Waals surface area contributed by atoms with Gasteiger partial charge in [0.2, 0.25) is 0 Å². The van der Waals surface area contributed by atoms with E-state index in [1.165, 1.54) is 5.56 Å². The molecule has 24 heavy (non-hydrogen) atoms. The van der Waals surface area contributed by atoms with E-state index in [4.69, 9.17) is 4.74 Å². The first-order valence-electron chi connectivity index (χ1n) is 7.61. The molecule has 0 bridgehead atoms. The van der Waals surface area contributed by atoms with Gasteiger partial charge in [0.05, 0.1) is 12.0 Å². The fraction of sp³-hybridized carbons (Fsp3) is 0.235. The summed E-state index contributed by atoms with van der Waals surface area (Å²) in [7, 11) is 1.69. The lowest BCUT2D eigenvalue weighted by Gasteiger charge is -2.30. The van der Waals surface area contributed by atoms with E-state index < -0.39 is 0 Å². The summed E-state index contributed by atoms with van der Waals surface area (Å²) in [6.07, 6.45) is 7.16. The van der Waals surface area contributed by atoms with Gasteiger partial charge in [-0.05, 0) is 24.6 Å². The Morgan fingerprint density at radius 2 is 2.08 bits per heavy atom. The van der Waals surface area contributed by atoms with Gasteiger partial charge in [-0.1, -0.05) is 17.8 Å². The van der Waals surface area contributed by atoms with Crippen LogP contribution in [0.2, 0.25) is 0 Å². The average Bonchev–Trinajstić information content (AvgIpc) is 3.00. The van der Waals surface area contributed by atoms with Crippen molar-refractivity contribution < 1.29 is 4.74 Å². The van der Waals surface area contributed by atoms with Gasteiger partial charge in [-0.3, -0.25) is 4.90 Å². The Bertz CT molecular complexity index is 879. The highest BCUT2D eigenvalue weighted by Crippen LogP contribution is 2.46. The van der Waals surface area contributed by atoms with Gasteiger partial charge < -0.3 is 9.30 Å². The fourth-order valence-electron chi connectivity index (χ4n) is 2.76. The Morgan fingerprint density at radius 1 is 1.21 bits per heavy atom. The summed E-state index contributed by atoms with van der Waals surface area (Å²) in [5.74, 6) is 0.841. The fourth-order valence-corrected chi connectivity index (χ4v) is 3.75. The van der Waals surface area contributed by atoms with Crippen molar-refractivity contribution in [2.45, 2.75) is 23.4 Å². The molecule has 0 saturated heterocycles. The number of nitrogens with zero attached hydrogens (tertiary/aromatic N) is 5. The predicted octanol–water partition coefficient (Wildman–Crippen LogP) is 3.24. The SMILES string of the molecule is COCN1c2cc(Cn3cncc3C)ccc2Sc2nccnc21. The lowest BCUT2D eigenvalue weighted by Crippen LogP contribution is -2.24. The van der Waals surface area contributed by atoms with Crippen LogP contribution < -0.4 is 4.90 Å². The molecule has 0 fully saturated rings. The van der Waals surface area contributed by atoms with E-state index in [9.17, 15) is 0 Å². The van der Waals surface area contributed by atoms with Crippen LogP contribution in [0.1, 0.15) is 11.3 Å². The van der Waals surface area contributed by atoms with Crippen molar-refractivity contribution in [3.63, 3.8) is 0 Å². The van der Waals surface area contributed by atoms with Crippen LogP contribution in [0.5, 0.6) is 0 Å². The number of hydrogen-bond donors (Lipinski definition) is 0. The molecule has 7 heteroatoms. The monoisotopic (exact) mass is 339 g/mol. The second-order valence-corrected chi connectivity index (χ2v) is 6.63. The molecule has 0 N–H and O–H groups in total. The first-order chi connectivity index (χ1) is 11.8. The summed E-state index contributed by atoms with van der Waals surface area (Å²) in [4.78, 5) is 16.3. The van der Waals surface area contributed by atoms with Crippen molar-refractivity contribution >= 4 is 23.3 Å². The Kier molecular flexibility index (Phi) is 3.95. The third-order valence-electron chi connectivity index (χ3n) is 3.95. The molecule has 1 aliphatic rings. The minimum absolute atomic E-state index is 0.437. The van der Waals surface area contributed by atoms with Crippen molar-refractivity contribution in [2.24, 2.45) is 0 Å². The topological polar surface area (TPSA) is 56.1 Å². The minimum atomic E-state index is 0.437. The number of rotatable bonds is 4. The number of hydrogen-bond acceptors (Lipinski definition) is 6.